The minimum Gasteiger partial charge on any atom is -0.481 e. The fraction of sp³-hybridized carbons (Fsp3) is 0.500. The monoisotopic (exact) mass is 290 g/mol. The number of aliphatic carboxylic acids is 1. The highest BCUT2D eigenvalue weighted by Crippen LogP contribution is 2.06. The zero-order valence-electron chi connectivity index (χ0n) is 10.9. The summed E-state index contributed by atoms with van der Waals surface area (Å²) in [6.45, 7) is -0.583. The highest BCUT2D eigenvalue weighted by atomic mass is 19.3. The van der Waals surface area contributed by atoms with Gasteiger partial charge in [0.15, 0.2) is 0 Å². The predicted octanol–water partition coefficient (Wildman–Crippen LogP) is 0.973. The van der Waals surface area contributed by atoms with Crippen LogP contribution in [0.25, 0.3) is 0 Å². The Bertz CT molecular complexity index is 462. The Morgan fingerprint density at radius 1 is 1.50 bits per heavy atom. The lowest BCUT2D eigenvalue weighted by Crippen LogP contribution is -2.35. The molecule has 0 aliphatic rings. The molecular formula is C12H16F2N2O4. The quantitative estimate of drug-likeness (QED) is 0.747. The number of carboxylic acid groups (broad SMARTS) is 1. The molecule has 8 heteroatoms. The molecule has 0 saturated carbocycles. The number of ether oxygens (including phenoxy) is 1. The molecule has 1 rings (SSSR count). The van der Waals surface area contributed by atoms with Crippen molar-refractivity contribution in [1.29, 1.82) is 0 Å². The van der Waals surface area contributed by atoms with Crippen LogP contribution in [-0.2, 0) is 16.1 Å². The summed E-state index contributed by atoms with van der Waals surface area (Å²) in [6, 6.07) is 2.90. The van der Waals surface area contributed by atoms with Crippen LogP contribution in [0.2, 0.25) is 0 Å². The van der Waals surface area contributed by atoms with E-state index in [9.17, 15) is 18.4 Å². The Kier molecular flexibility index (Phi) is 6.10. The van der Waals surface area contributed by atoms with E-state index in [-0.39, 0.29) is 18.7 Å². The normalized spacial score (nSPS) is 12.4. The summed E-state index contributed by atoms with van der Waals surface area (Å²) in [6.07, 6.45) is -2.11. The fourth-order valence-corrected chi connectivity index (χ4v) is 1.66. The average molecular weight is 290 g/mol. The SMILES string of the molecule is COC(CNC(=O)c1cccn1CC(F)F)CC(=O)O. The number of carbonyl (C=O) groups excluding carboxylic acids is 1. The van der Waals surface area contributed by atoms with Gasteiger partial charge in [0.05, 0.1) is 19.1 Å². The number of nitrogens with one attached hydrogen (secondary N) is 1. The van der Waals surface area contributed by atoms with E-state index in [1.807, 2.05) is 0 Å². The molecule has 0 radical (unpaired) electrons. The van der Waals surface area contributed by atoms with Crippen molar-refractivity contribution in [3.05, 3.63) is 24.0 Å². The second kappa shape index (κ2) is 7.59. The van der Waals surface area contributed by atoms with Crippen LogP contribution in [0.5, 0.6) is 0 Å². The van der Waals surface area contributed by atoms with Gasteiger partial charge >= 0.3 is 5.97 Å². The van der Waals surface area contributed by atoms with Gasteiger partial charge in [-0.1, -0.05) is 0 Å². The smallest absolute Gasteiger partial charge is 0.306 e. The van der Waals surface area contributed by atoms with Crippen molar-refractivity contribution in [2.24, 2.45) is 0 Å². The molecule has 0 aliphatic carbocycles. The van der Waals surface area contributed by atoms with Crippen LogP contribution in [0.15, 0.2) is 18.3 Å². The maximum Gasteiger partial charge on any atom is 0.306 e. The van der Waals surface area contributed by atoms with Gasteiger partial charge in [0.1, 0.15) is 5.69 Å². The highest BCUT2D eigenvalue weighted by Gasteiger charge is 2.17. The molecule has 0 saturated heterocycles. The zero-order valence-corrected chi connectivity index (χ0v) is 10.9. The van der Waals surface area contributed by atoms with E-state index >= 15 is 0 Å². The molecule has 112 valence electrons. The number of aromatic nitrogens is 1. The Morgan fingerprint density at radius 3 is 2.75 bits per heavy atom. The summed E-state index contributed by atoms with van der Waals surface area (Å²) in [5.41, 5.74) is 0.0930. The number of methoxy groups -OCH3 is 1. The molecular weight excluding hydrogens is 274 g/mol. The third-order valence-electron chi connectivity index (χ3n) is 2.62. The number of nitrogens with zero attached hydrogens (tertiary/aromatic N) is 1. The van der Waals surface area contributed by atoms with E-state index in [2.05, 4.69) is 5.32 Å². The number of halogens is 2. The number of alkyl halides is 2. The van der Waals surface area contributed by atoms with Crippen molar-refractivity contribution in [2.75, 3.05) is 13.7 Å². The Labute approximate surface area is 114 Å². The first-order valence-corrected chi connectivity index (χ1v) is 5.90. The van der Waals surface area contributed by atoms with Crippen molar-refractivity contribution in [1.82, 2.24) is 9.88 Å². The number of carbonyl (C=O) groups is 2. The predicted molar refractivity (Wildman–Crippen MR) is 65.8 cm³/mol. The van der Waals surface area contributed by atoms with Crippen LogP contribution in [-0.4, -0.2) is 47.7 Å². The van der Waals surface area contributed by atoms with Crippen molar-refractivity contribution >= 4 is 11.9 Å². The van der Waals surface area contributed by atoms with Crippen LogP contribution >= 0.6 is 0 Å². The van der Waals surface area contributed by atoms with E-state index in [4.69, 9.17) is 9.84 Å². The first-order valence-electron chi connectivity index (χ1n) is 5.90. The van der Waals surface area contributed by atoms with Gasteiger partial charge in [-0.05, 0) is 12.1 Å². The number of rotatable bonds is 8. The molecule has 0 fully saturated rings. The van der Waals surface area contributed by atoms with Crippen molar-refractivity contribution < 1.29 is 28.2 Å². The summed E-state index contributed by atoms with van der Waals surface area (Å²) in [5.74, 6) is -1.60. The van der Waals surface area contributed by atoms with E-state index < -0.39 is 31.0 Å². The molecule has 1 aromatic heterocycles. The minimum atomic E-state index is -2.56. The van der Waals surface area contributed by atoms with Crippen LogP contribution < -0.4 is 5.32 Å². The third kappa shape index (κ3) is 4.96. The van der Waals surface area contributed by atoms with Gasteiger partial charge in [-0.25, -0.2) is 8.78 Å². The van der Waals surface area contributed by atoms with Crippen molar-refractivity contribution in [3.8, 4) is 0 Å². The van der Waals surface area contributed by atoms with E-state index in [1.54, 1.807) is 0 Å². The standard InChI is InChI=1S/C12H16F2N2O4/c1-20-8(5-11(17)18)6-15-12(19)9-3-2-4-16(9)7-10(13)14/h2-4,8,10H,5-7H2,1H3,(H,15,19)(H,17,18). The van der Waals surface area contributed by atoms with Gasteiger partial charge in [-0.3, -0.25) is 9.59 Å². The van der Waals surface area contributed by atoms with E-state index in [1.165, 1.54) is 25.4 Å². The van der Waals surface area contributed by atoms with E-state index in [0.717, 1.165) is 4.57 Å². The van der Waals surface area contributed by atoms with Crippen LogP contribution in [0, 0.1) is 0 Å². The number of hydrogen-bond donors (Lipinski definition) is 2. The van der Waals surface area contributed by atoms with Gasteiger partial charge in [-0.2, -0.15) is 0 Å². The first-order chi connectivity index (χ1) is 9.43. The number of amides is 1. The molecule has 0 aromatic carbocycles. The summed E-state index contributed by atoms with van der Waals surface area (Å²) < 4.78 is 30.7. The maximum atomic E-state index is 12.3. The van der Waals surface area contributed by atoms with E-state index in [0.29, 0.717) is 0 Å². The summed E-state index contributed by atoms with van der Waals surface area (Å²) >= 11 is 0. The van der Waals surface area contributed by atoms with Crippen molar-refractivity contribution in [2.45, 2.75) is 25.5 Å². The zero-order chi connectivity index (χ0) is 15.1. The molecule has 6 nitrogen and oxygen atoms in total. The van der Waals surface area contributed by atoms with Gasteiger partial charge in [0.2, 0.25) is 0 Å². The highest BCUT2D eigenvalue weighted by molar-refractivity contribution is 5.92. The molecule has 1 amide bonds. The number of hydrogen-bond acceptors (Lipinski definition) is 3. The lowest BCUT2D eigenvalue weighted by atomic mass is 10.2. The van der Waals surface area contributed by atoms with Crippen LogP contribution in [0.1, 0.15) is 16.9 Å². The molecule has 2 N–H and O–H groups in total. The largest absolute Gasteiger partial charge is 0.481 e. The minimum absolute atomic E-state index is 0.0124. The molecule has 20 heavy (non-hydrogen) atoms. The first kappa shape index (κ1) is 16.1. The van der Waals surface area contributed by atoms with Gasteiger partial charge < -0.3 is 19.7 Å². The molecule has 0 bridgehead atoms. The van der Waals surface area contributed by atoms with Gasteiger partial charge in [0, 0.05) is 19.9 Å². The van der Waals surface area contributed by atoms with Crippen LogP contribution in [0.4, 0.5) is 8.78 Å². The average Bonchev–Trinajstić information content (AvgIpc) is 2.80. The second-order valence-electron chi connectivity index (χ2n) is 4.10. The summed E-state index contributed by atoms with van der Waals surface area (Å²) in [4.78, 5) is 22.4. The second-order valence-corrected chi connectivity index (χ2v) is 4.10. The Morgan fingerprint density at radius 2 is 2.20 bits per heavy atom. The topological polar surface area (TPSA) is 80.6 Å². The molecule has 1 atom stereocenters. The van der Waals surface area contributed by atoms with Gasteiger partial charge in [0.25, 0.3) is 12.3 Å². The maximum absolute atomic E-state index is 12.3. The van der Waals surface area contributed by atoms with Crippen molar-refractivity contribution in [3.63, 3.8) is 0 Å². The molecule has 0 aliphatic heterocycles. The van der Waals surface area contributed by atoms with Gasteiger partial charge in [-0.15, -0.1) is 0 Å². The fourth-order valence-electron chi connectivity index (χ4n) is 1.66. The number of carboxylic acids is 1. The Balaban J connectivity index is 2.58. The molecule has 1 heterocycles. The summed E-state index contributed by atoms with van der Waals surface area (Å²) in [7, 11) is 1.33. The lowest BCUT2D eigenvalue weighted by molar-refractivity contribution is -0.139. The Hall–Kier alpha value is -1.96. The lowest BCUT2D eigenvalue weighted by Gasteiger charge is -2.14. The molecule has 1 unspecified atom stereocenters. The third-order valence-corrected chi connectivity index (χ3v) is 2.62. The summed E-state index contributed by atoms with van der Waals surface area (Å²) in [5, 5.41) is 11.1. The molecule has 1 aromatic rings. The van der Waals surface area contributed by atoms with Crippen LogP contribution in [0.3, 0.4) is 0 Å². The molecule has 0 spiro atoms.